The van der Waals surface area contributed by atoms with Gasteiger partial charge in [-0.2, -0.15) is 0 Å². The Morgan fingerprint density at radius 3 is 2.00 bits per heavy atom. The molecular weight excluding hydrogens is 168 g/mol. The maximum Gasteiger partial charge on any atom is 0.335 e. The van der Waals surface area contributed by atoms with Crippen LogP contribution >= 0.6 is 0 Å². The molecule has 0 aliphatic carbocycles. The maximum atomic E-state index is 8.63. The van der Waals surface area contributed by atoms with Gasteiger partial charge in [-0.15, -0.1) is 0 Å². The lowest BCUT2D eigenvalue weighted by Gasteiger charge is -1.82. The van der Waals surface area contributed by atoms with E-state index in [-0.39, 0.29) is 0 Å². The second-order valence-corrected chi connectivity index (χ2v) is 2.51. The third kappa shape index (κ3) is 2.02. The minimum absolute atomic E-state index is 0.322. The van der Waals surface area contributed by atoms with Crippen molar-refractivity contribution in [2.45, 2.75) is 0 Å². The van der Waals surface area contributed by atoms with E-state index in [9.17, 15) is 0 Å². The highest BCUT2D eigenvalue weighted by atomic mass is 16.7. The van der Waals surface area contributed by atoms with Crippen LogP contribution in [0.15, 0.2) is 47.1 Å². The van der Waals surface area contributed by atoms with Crippen molar-refractivity contribution in [1.82, 2.24) is 0 Å². The van der Waals surface area contributed by atoms with E-state index in [1.54, 1.807) is 36.6 Å². The van der Waals surface area contributed by atoms with Crippen molar-refractivity contribution in [1.29, 1.82) is 0 Å². The van der Waals surface area contributed by atoms with Crippen LogP contribution in [0.1, 0.15) is 0 Å². The van der Waals surface area contributed by atoms with Gasteiger partial charge in [0.25, 0.3) is 0 Å². The Morgan fingerprint density at radius 2 is 1.77 bits per heavy atom. The van der Waals surface area contributed by atoms with Gasteiger partial charge in [0.05, 0.1) is 6.26 Å². The van der Waals surface area contributed by atoms with Crippen molar-refractivity contribution in [3.8, 4) is 17.4 Å². The van der Waals surface area contributed by atoms with E-state index in [0.29, 0.717) is 11.7 Å². The number of furan rings is 1. The van der Waals surface area contributed by atoms with E-state index < -0.39 is 0 Å². The second kappa shape index (κ2) is 3.23. The normalized spacial score (nSPS) is 10.5. The Hall–Kier alpha value is -1.90. The molecule has 0 fully saturated rings. The van der Waals surface area contributed by atoms with Crippen molar-refractivity contribution in [2.24, 2.45) is 0 Å². The number of ether oxygens (including phenoxy) is 1. The van der Waals surface area contributed by atoms with Crippen molar-refractivity contribution < 1.29 is 14.3 Å². The lowest BCUT2D eigenvalue weighted by Crippen LogP contribution is -1.56. The molecule has 3 nitrogen and oxygen atoms in total. The number of aromatic hydroxyl groups is 1. The summed E-state index contributed by atoms with van der Waals surface area (Å²) in [6, 6.07) is 10.5. The lowest BCUT2D eigenvalue weighted by atomic mass is 10.3. The number of phenols is 1. The summed E-state index contributed by atoms with van der Waals surface area (Å²) in [5.74, 6) is 1.88. The van der Waals surface area contributed by atoms with Crippen molar-refractivity contribution >= 4 is 0 Å². The van der Waals surface area contributed by atoms with Gasteiger partial charge in [-0.25, -0.2) is 0 Å². The maximum absolute atomic E-state index is 8.63. The van der Waals surface area contributed by atoms with Gasteiger partial charge in [-0.3, -0.25) is 0 Å². The molecule has 3 heteroatoms. The molecule has 1 aliphatic rings. The highest BCUT2D eigenvalue weighted by Gasteiger charge is 2.23. The van der Waals surface area contributed by atoms with Gasteiger partial charge in [0.2, 0.25) is 5.75 Å². The van der Waals surface area contributed by atoms with Crippen LogP contribution in [0.5, 0.6) is 17.4 Å². The molecule has 0 saturated carbocycles. The first kappa shape index (κ1) is 7.73. The summed E-state index contributed by atoms with van der Waals surface area (Å²) < 4.78 is 9.38. The lowest BCUT2D eigenvalue weighted by molar-refractivity contribution is 0.451. The van der Waals surface area contributed by atoms with Crippen molar-refractivity contribution in [3.63, 3.8) is 0 Å². The molecule has 1 N–H and O–H groups in total. The molecule has 13 heavy (non-hydrogen) atoms. The Bertz CT molecular complexity index is 362. The fourth-order valence-corrected chi connectivity index (χ4v) is 0.844. The van der Waals surface area contributed by atoms with Gasteiger partial charge >= 0.3 is 5.95 Å². The Labute approximate surface area is 75.2 Å². The topological polar surface area (TPSA) is 45.9 Å². The van der Waals surface area contributed by atoms with E-state index >= 15 is 0 Å². The van der Waals surface area contributed by atoms with E-state index in [0.717, 1.165) is 5.75 Å². The third-order valence-electron chi connectivity index (χ3n) is 1.51. The van der Waals surface area contributed by atoms with E-state index in [4.69, 9.17) is 9.52 Å². The van der Waals surface area contributed by atoms with Crippen LogP contribution in [0.25, 0.3) is 0 Å². The summed E-state index contributed by atoms with van der Waals surface area (Å²) >= 11 is 0. The number of fused-ring (bicyclic) bond motifs is 1. The average molecular weight is 176 g/mol. The first-order chi connectivity index (χ1) is 6.36. The SMILES string of the molecule is Oc1ccccc1.c1cc2c(o1)O2. The molecule has 0 unspecified atom stereocenters. The largest absolute Gasteiger partial charge is 0.508 e. The second-order valence-electron chi connectivity index (χ2n) is 2.51. The average Bonchev–Trinajstić information content (AvgIpc) is 2.76. The number of para-hydroxylation sites is 1. The van der Waals surface area contributed by atoms with Crippen LogP contribution < -0.4 is 4.74 Å². The van der Waals surface area contributed by atoms with Gasteiger partial charge in [-0.05, 0) is 12.1 Å². The summed E-state index contributed by atoms with van der Waals surface area (Å²) in [6.07, 6.45) is 1.61. The smallest absolute Gasteiger partial charge is 0.335 e. The molecule has 0 atom stereocenters. The zero-order valence-corrected chi connectivity index (χ0v) is 6.81. The number of hydrogen-bond acceptors (Lipinski definition) is 3. The summed E-state index contributed by atoms with van der Waals surface area (Å²) in [5, 5.41) is 8.63. The molecule has 66 valence electrons. The summed E-state index contributed by atoms with van der Waals surface area (Å²) in [5.41, 5.74) is 0. The van der Waals surface area contributed by atoms with Crippen LogP contribution in [-0.4, -0.2) is 5.11 Å². The van der Waals surface area contributed by atoms with Crippen LogP contribution in [0, 0.1) is 0 Å². The van der Waals surface area contributed by atoms with Crippen LogP contribution in [-0.2, 0) is 0 Å². The van der Waals surface area contributed by atoms with Crippen LogP contribution in [0.4, 0.5) is 0 Å². The first-order valence-corrected chi connectivity index (χ1v) is 3.85. The van der Waals surface area contributed by atoms with Gasteiger partial charge < -0.3 is 14.3 Å². The Balaban J connectivity index is 0.000000101. The number of hydrogen-bond donors (Lipinski definition) is 1. The first-order valence-electron chi connectivity index (χ1n) is 3.85. The Kier molecular flexibility index (Phi) is 1.92. The molecule has 0 radical (unpaired) electrons. The molecule has 1 aliphatic heterocycles. The predicted octanol–water partition coefficient (Wildman–Crippen LogP) is 2.78. The predicted molar refractivity (Wildman–Crippen MR) is 46.9 cm³/mol. The summed E-state index contributed by atoms with van der Waals surface area (Å²) in [7, 11) is 0. The minimum Gasteiger partial charge on any atom is -0.508 e. The van der Waals surface area contributed by atoms with Gasteiger partial charge in [0, 0.05) is 6.07 Å². The van der Waals surface area contributed by atoms with Crippen LogP contribution in [0.3, 0.4) is 0 Å². The van der Waals surface area contributed by atoms with Gasteiger partial charge in [0.1, 0.15) is 5.75 Å². The fourth-order valence-electron chi connectivity index (χ4n) is 0.844. The highest BCUT2D eigenvalue weighted by molar-refractivity contribution is 5.45. The number of phenolic OH excluding ortho intramolecular Hbond substituents is 1. The molecule has 2 aromatic rings. The number of benzene rings is 1. The molecule has 3 rings (SSSR count). The molecule has 0 saturated heterocycles. The summed E-state index contributed by atoms with van der Waals surface area (Å²) in [4.78, 5) is 0. The van der Waals surface area contributed by atoms with Crippen LogP contribution in [0.2, 0.25) is 0 Å². The molecule has 2 heterocycles. The summed E-state index contributed by atoms with van der Waals surface area (Å²) in [6.45, 7) is 0. The minimum atomic E-state index is 0.322. The zero-order valence-electron chi connectivity index (χ0n) is 6.81. The van der Waals surface area contributed by atoms with Crippen molar-refractivity contribution in [2.75, 3.05) is 0 Å². The van der Waals surface area contributed by atoms with Crippen molar-refractivity contribution in [3.05, 3.63) is 42.7 Å². The highest BCUT2D eigenvalue weighted by Crippen LogP contribution is 2.45. The van der Waals surface area contributed by atoms with E-state index in [1.807, 2.05) is 6.07 Å². The van der Waals surface area contributed by atoms with E-state index in [2.05, 4.69) is 4.74 Å². The number of rotatable bonds is 0. The third-order valence-corrected chi connectivity index (χ3v) is 1.51. The molecule has 0 bridgehead atoms. The molecule has 1 aromatic heterocycles. The molecule has 0 amide bonds. The quantitative estimate of drug-likeness (QED) is 0.535. The Morgan fingerprint density at radius 1 is 1.00 bits per heavy atom. The zero-order chi connectivity index (χ0) is 9.10. The van der Waals surface area contributed by atoms with E-state index in [1.165, 1.54) is 0 Å². The standard InChI is InChI=1S/C6H6O.C4H2O2/c7-6-4-2-1-3-5-6;1-2-5-4-3(1)6-4/h1-5,7H;1-2H. The van der Waals surface area contributed by atoms with Gasteiger partial charge in [0.15, 0.2) is 0 Å². The van der Waals surface area contributed by atoms with Gasteiger partial charge in [-0.1, -0.05) is 18.2 Å². The molecular formula is C10H8O3. The molecule has 0 spiro atoms. The molecule has 1 aromatic carbocycles. The monoisotopic (exact) mass is 176 g/mol. The fraction of sp³-hybridized carbons (Fsp3) is 0.